The van der Waals surface area contributed by atoms with Crippen LogP contribution in [0, 0.1) is 11.6 Å². The van der Waals surface area contributed by atoms with Crippen molar-refractivity contribution in [3.8, 4) is 11.4 Å². The zero-order chi connectivity index (χ0) is 18.8. The highest BCUT2D eigenvalue weighted by Gasteiger charge is 2.12. The summed E-state index contributed by atoms with van der Waals surface area (Å²) < 4.78 is 30.5. The average Bonchev–Trinajstić information content (AvgIpc) is 3.34. The minimum Gasteiger partial charge on any atom is -0.320 e. The summed E-state index contributed by atoms with van der Waals surface area (Å²) in [7, 11) is 0. The van der Waals surface area contributed by atoms with E-state index >= 15 is 0 Å². The Balaban J connectivity index is 1.52. The summed E-state index contributed by atoms with van der Waals surface area (Å²) in [6.45, 7) is 0. The zero-order valence-electron chi connectivity index (χ0n) is 13.9. The van der Waals surface area contributed by atoms with Crippen LogP contribution in [0.2, 0.25) is 0 Å². The first-order chi connectivity index (χ1) is 13.1. The molecule has 0 radical (unpaired) electrons. The number of nitrogens with zero attached hydrogens (tertiary/aromatic N) is 4. The molecular weight excluding hydrogens is 352 g/mol. The van der Waals surface area contributed by atoms with Crippen molar-refractivity contribution in [1.29, 1.82) is 0 Å². The molecule has 27 heavy (non-hydrogen) atoms. The minimum atomic E-state index is -0.504. The van der Waals surface area contributed by atoms with Crippen molar-refractivity contribution in [3.63, 3.8) is 0 Å². The molecule has 0 saturated carbocycles. The predicted molar refractivity (Wildman–Crippen MR) is 95.0 cm³/mol. The fraction of sp³-hybridized carbons (Fsp3) is 0. The molecule has 0 fully saturated rings. The molecule has 4 aromatic rings. The number of anilines is 1. The minimum absolute atomic E-state index is 0.123. The Kier molecular flexibility index (Phi) is 4.21. The third kappa shape index (κ3) is 3.45. The van der Waals surface area contributed by atoms with Crippen molar-refractivity contribution < 1.29 is 13.6 Å². The monoisotopic (exact) mass is 365 g/mol. The van der Waals surface area contributed by atoms with E-state index in [4.69, 9.17) is 0 Å². The van der Waals surface area contributed by atoms with Gasteiger partial charge in [-0.25, -0.2) is 18.4 Å². The molecule has 1 N–H and O–H groups in total. The zero-order valence-corrected chi connectivity index (χ0v) is 13.9. The topological polar surface area (TPSA) is 64.7 Å². The summed E-state index contributed by atoms with van der Waals surface area (Å²) in [5.74, 6) is -1.40. The molecular formula is C19H13F2N5O. The van der Waals surface area contributed by atoms with Gasteiger partial charge in [-0.2, -0.15) is 5.10 Å². The highest BCUT2D eigenvalue weighted by Crippen LogP contribution is 2.19. The number of amides is 1. The summed E-state index contributed by atoms with van der Waals surface area (Å²) in [6, 6.07) is 11.7. The standard InChI is InChI=1S/C19H13F2N5O/c20-13-2-1-3-15(10-13)26-8-6-17(24-26)19(27)23-14-4-5-18(16(21)11-14)25-9-7-22-12-25/h1-12H,(H,23,27). The van der Waals surface area contributed by atoms with Crippen LogP contribution in [-0.2, 0) is 0 Å². The van der Waals surface area contributed by atoms with Gasteiger partial charge in [0.1, 0.15) is 11.6 Å². The Morgan fingerprint density at radius 2 is 1.93 bits per heavy atom. The molecule has 2 heterocycles. The first-order valence-corrected chi connectivity index (χ1v) is 8.01. The van der Waals surface area contributed by atoms with Crippen LogP contribution in [0.15, 0.2) is 73.4 Å². The second kappa shape index (κ2) is 6.83. The van der Waals surface area contributed by atoms with E-state index in [1.165, 1.54) is 45.9 Å². The largest absolute Gasteiger partial charge is 0.320 e. The lowest BCUT2D eigenvalue weighted by atomic mass is 10.2. The summed E-state index contributed by atoms with van der Waals surface area (Å²) in [6.07, 6.45) is 6.20. The number of nitrogens with one attached hydrogen (secondary N) is 1. The van der Waals surface area contributed by atoms with Gasteiger partial charge >= 0.3 is 0 Å². The van der Waals surface area contributed by atoms with E-state index in [0.717, 1.165) is 0 Å². The molecule has 0 atom stereocenters. The quantitative estimate of drug-likeness (QED) is 0.601. The summed E-state index contributed by atoms with van der Waals surface area (Å²) in [5, 5.41) is 6.72. The summed E-state index contributed by atoms with van der Waals surface area (Å²) in [4.78, 5) is 16.2. The number of aromatic nitrogens is 4. The Morgan fingerprint density at radius 1 is 1.04 bits per heavy atom. The van der Waals surface area contributed by atoms with Gasteiger partial charge in [0.2, 0.25) is 0 Å². The maximum Gasteiger partial charge on any atom is 0.276 e. The molecule has 0 aliphatic heterocycles. The number of halogens is 2. The van der Waals surface area contributed by atoms with Crippen molar-refractivity contribution in [3.05, 3.63) is 90.8 Å². The number of imidazole rings is 1. The molecule has 1 amide bonds. The van der Waals surface area contributed by atoms with Crippen LogP contribution in [0.3, 0.4) is 0 Å². The van der Waals surface area contributed by atoms with E-state index in [1.54, 1.807) is 36.8 Å². The van der Waals surface area contributed by atoms with Gasteiger partial charge in [0.25, 0.3) is 5.91 Å². The number of carbonyl (C=O) groups excluding carboxylic acids is 1. The van der Waals surface area contributed by atoms with Gasteiger partial charge in [-0.1, -0.05) is 6.07 Å². The van der Waals surface area contributed by atoms with Crippen LogP contribution in [-0.4, -0.2) is 25.2 Å². The fourth-order valence-corrected chi connectivity index (χ4v) is 2.60. The van der Waals surface area contributed by atoms with Gasteiger partial charge in [0.15, 0.2) is 5.69 Å². The number of benzene rings is 2. The molecule has 0 aliphatic carbocycles. The van der Waals surface area contributed by atoms with E-state index in [0.29, 0.717) is 17.1 Å². The van der Waals surface area contributed by atoms with Gasteiger partial charge in [0, 0.05) is 24.3 Å². The fourth-order valence-electron chi connectivity index (χ4n) is 2.60. The number of hydrogen-bond acceptors (Lipinski definition) is 3. The molecule has 134 valence electrons. The van der Waals surface area contributed by atoms with Crippen LogP contribution in [0.1, 0.15) is 10.5 Å². The number of rotatable bonds is 4. The molecule has 8 heteroatoms. The van der Waals surface area contributed by atoms with E-state index < -0.39 is 17.5 Å². The van der Waals surface area contributed by atoms with E-state index in [9.17, 15) is 13.6 Å². The number of hydrogen-bond donors (Lipinski definition) is 1. The molecule has 4 rings (SSSR count). The molecule has 2 aromatic heterocycles. The molecule has 0 unspecified atom stereocenters. The summed E-state index contributed by atoms with van der Waals surface area (Å²) >= 11 is 0. The third-order valence-electron chi connectivity index (χ3n) is 3.88. The van der Waals surface area contributed by atoms with Crippen molar-refractivity contribution >= 4 is 11.6 Å². The van der Waals surface area contributed by atoms with Gasteiger partial charge < -0.3 is 9.88 Å². The molecule has 0 bridgehead atoms. The molecule has 6 nitrogen and oxygen atoms in total. The van der Waals surface area contributed by atoms with Crippen LogP contribution < -0.4 is 5.32 Å². The van der Waals surface area contributed by atoms with Gasteiger partial charge in [-0.3, -0.25) is 4.79 Å². The second-order valence-corrected chi connectivity index (χ2v) is 5.72. The van der Waals surface area contributed by atoms with Crippen molar-refractivity contribution in [1.82, 2.24) is 19.3 Å². The van der Waals surface area contributed by atoms with Gasteiger partial charge in [-0.15, -0.1) is 0 Å². The van der Waals surface area contributed by atoms with Gasteiger partial charge in [-0.05, 0) is 42.5 Å². The third-order valence-corrected chi connectivity index (χ3v) is 3.88. The lowest BCUT2D eigenvalue weighted by molar-refractivity contribution is 0.102. The lowest BCUT2D eigenvalue weighted by Gasteiger charge is -2.07. The smallest absolute Gasteiger partial charge is 0.276 e. The Hall–Kier alpha value is -3.81. The van der Waals surface area contributed by atoms with E-state index in [-0.39, 0.29) is 5.69 Å². The van der Waals surface area contributed by atoms with Gasteiger partial charge in [0.05, 0.1) is 17.7 Å². The maximum atomic E-state index is 14.3. The van der Waals surface area contributed by atoms with E-state index in [2.05, 4.69) is 15.4 Å². The summed E-state index contributed by atoms with van der Waals surface area (Å²) in [5.41, 5.74) is 1.23. The molecule has 2 aromatic carbocycles. The second-order valence-electron chi connectivity index (χ2n) is 5.72. The van der Waals surface area contributed by atoms with Crippen LogP contribution in [0.5, 0.6) is 0 Å². The van der Waals surface area contributed by atoms with Crippen molar-refractivity contribution in [2.24, 2.45) is 0 Å². The molecule has 0 aliphatic rings. The molecule has 0 saturated heterocycles. The predicted octanol–water partition coefficient (Wildman–Crippen LogP) is 3.59. The van der Waals surface area contributed by atoms with Crippen LogP contribution >= 0.6 is 0 Å². The van der Waals surface area contributed by atoms with Crippen LogP contribution in [0.25, 0.3) is 11.4 Å². The Labute approximate surface area is 152 Å². The Bertz CT molecular complexity index is 1110. The normalized spacial score (nSPS) is 10.7. The lowest BCUT2D eigenvalue weighted by Crippen LogP contribution is -2.13. The SMILES string of the molecule is O=C(Nc1ccc(-n2ccnc2)c(F)c1)c1ccn(-c2cccc(F)c2)n1. The highest BCUT2D eigenvalue weighted by atomic mass is 19.1. The Morgan fingerprint density at radius 3 is 2.67 bits per heavy atom. The van der Waals surface area contributed by atoms with Crippen molar-refractivity contribution in [2.75, 3.05) is 5.32 Å². The van der Waals surface area contributed by atoms with Crippen molar-refractivity contribution in [2.45, 2.75) is 0 Å². The van der Waals surface area contributed by atoms with Crippen LogP contribution in [0.4, 0.5) is 14.5 Å². The molecule has 0 spiro atoms. The first kappa shape index (κ1) is 16.6. The van der Waals surface area contributed by atoms with E-state index in [1.807, 2.05) is 0 Å². The highest BCUT2D eigenvalue weighted by molar-refractivity contribution is 6.02. The first-order valence-electron chi connectivity index (χ1n) is 8.01. The maximum absolute atomic E-state index is 14.3. The number of carbonyl (C=O) groups is 1. The average molecular weight is 365 g/mol.